The Kier molecular flexibility index (Phi) is 45.4. The second-order valence-corrected chi connectivity index (χ2v) is 16.2. The van der Waals surface area contributed by atoms with E-state index < -0.39 is 12.1 Å². The van der Waals surface area contributed by atoms with E-state index in [1.165, 1.54) is 161 Å². The van der Waals surface area contributed by atoms with Gasteiger partial charge in [0.15, 0.2) is 0 Å². The summed E-state index contributed by atoms with van der Waals surface area (Å²) in [4.78, 5) is 12.4. The first-order valence-electron chi connectivity index (χ1n) is 24.2. The third-order valence-electron chi connectivity index (χ3n) is 10.6. The van der Waals surface area contributed by atoms with Gasteiger partial charge >= 0.3 is 0 Å². The van der Waals surface area contributed by atoms with Crippen molar-refractivity contribution in [2.45, 2.75) is 244 Å². The third-order valence-corrected chi connectivity index (χ3v) is 10.6. The maximum Gasteiger partial charge on any atom is 0.220 e. The average Bonchev–Trinajstić information content (AvgIpc) is 3.20. The summed E-state index contributed by atoms with van der Waals surface area (Å²) in [5, 5.41) is 23.0. The molecule has 4 nitrogen and oxygen atoms in total. The van der Waals surface area contributed by atoms with E-state index in [-0.39, 0.29) is 12.5 Å². The van der Waals surface area contributed by atoms with Gasteiger partial charge in [-0.05, 0) is 83.5 Å². The Morgan fingerprint density at radius 3 is 1.16 bits per heavy atom. The molecular formula is C52H93NO3. The van der Waals surface area contributed by atoms with Crippen LogP contribution in [0.5, 0.6) is 0 Å². The van der Waals surface area contributed by atoms with Crippen molar-refractivity contribution in [2.24, 2.45) is 0 Å². The van der Waals surface area contributed by atoms with E-state index in [4.69, 9.17) is 0 Å². The lowest BCUT2D eigenvalue weighted by atomic mass is 10.0. The van der Waals surface area contributed by atoms with Gasteiger partial charge in [-0.25, -0.2) is 0 Å². The van der Waals surface area contributed by atoms with Gasteiger partial charge in [0.1, 0.15) is 0 Å². The largest absolute Gasteiger partial charge is 0.394 e. The molecule has 0 rings (SSSR count). The average molecular weight is 780 g/mol. The summed E-state index contributed by atoms with van der Waals surface area (Å²) >= 11 is 0. The molecule has 56 heavy (non-hydrogen) atoms. The zero-order valence-corrected chi connectivity index (χ0v) is 37.1. The van der Waals surface area contributed by atoms with Crippen LogP contribution in [0.3, 0.4) is 0 Å². The van der Waals surface area contributed by atoms with Crippen LogP contribution in [0.15, 0.2) is 72.9 Å². The minimum Gasteiger partial charge on any atom is -0.394 e. The lowest BCUT2D eigenvalue weighted by molar-refractivity contribution is -0.123. The van der Waals surface area contributed by atoms with Crippen molar-refractivity contribution in [2.75, 3.05) is 6.61 Å². The zero-order chi connectivity index (χ0) is 40.7. The molecule has 324 valence electrons. The fourth-order valence-corrected chi connectivity index (χ4v) is 6.92. The number of hydrogen-bond acceptors (Lipinski definition) is 3. The zero-order valence-electron chi connectivity index (χ0n) is 37.1. The Morgan fingerprint density at radius 2 is 0.750 bits per heavy atom. The Labute approximate surface area is 349 Å². The second kappa shape index (κ2) is 47.2. The summed E-state index contributed by atoms with van der Waals surface area (Å²) in [5.41, 5.74) is 0. The molecule has 0 aliphatic carbocycles. The highest BCUT2D eigenvalue weighted by molar-refractivity contribution is 5.76. The molecule has 0 radical (unpaired) electrons. The summed E-state index contributed by atoms with van der Waals surface area (Å²) < 4.78 is 0. The van der Waals surface area contributed by atoms with Crippen LogP contribution < -0.4 is 5.32 Å². The fourth-order valence-electron chi connectivity index (χ4n) is 6.92. The minimum atomic E-state index is -0.874. The lowest BCUT2D eigenvalue weighted by Gasteiger charge is -2.19. The Bertz CT molecular complexity index is 977. The number of carbonyl (C=O) groups is 1. The molecule has 0 heterocycles. The smallest absolute Gasteiger partial charge is 0.220 e. The van der Waals surface area contributed by atoms with E-state index in [2.05, 4.69) is 79.9 Å². The summed E-state index contributed by atoms with van der Waals surface area (Å²) in [6.45, 7) is 4.27. The molecule has 3 N–H and O–H groups in total. The first-order valence-corrected chi connectivity index (χ1v) is 24.2. The SMILES string of the molecule is CCCCCCC/C=C\C/C=C\C/C=C\CCCCCCCCCCCCCCC(=O)NC(CO)C(O)/C=C/CC/C=C/CC/C=C/CCCCCCCCC. The van der Waals surface area contributed by atoms with E-state index in [0.29, 0.717) is 6.42 Å². The predicted octanol–water partition coefficient (Wildman–Crippen LogP) is 15.5. The van der Waals surface area contributed by atoms with Crippen LogP contribution in [0.1, 0.15) is 232 Å². The molecule has 0 fully saturated rings. The summed E-state index contributed by atoms with van der Waals surface area (Å²) in [5.74, 6) is -0.0819. The molecule has 0 saturated carbocycles. The quantitative estimate of drug-likeness (QED) is 0.0426. The fraction of sp³-hybridized carbons (Fsp3) is 0.750. The minimum absolute atomic E-state index is 0.0819. The van der Waals surface area contributed by atoms with Crippen molar-refractivity contribution >= 4 is 5.91 Å². The van der Waals surface area contributed by atoms with Gasteiger partial charge in [0.05, 0.1) is 18.8 Å². The number of aliphatic hydroxyl groups excluding tert-OH is 2. The molecule has 4 heteroatoms. The van der Waals surface area contributed by atoms with E-state index in [0.717, 1.165) is 51.4 Å². The van der Waals surface area contributed by atoms with Crippen LogP contribution in [0.4, 0.5) is 0 Å². The van der Waals surface area contributed by atoms with Gasteiger partial charge in [0, 0.05) is 6.42 Å². The summed E-state index contributed by atoms with van der Waals surface area (Å²) in [6.07, 6.45) is 67.4. The molecule has 0 bridgehead atoms. The van der Waals surface area contributed by atoms with Crippen molar-refractivity contribution in [3.05, 3.63) is 72.9 Å². The van der Waals surface area contributed by atoms with Gasteiger partial charge in [-0.2, -0.15) is 0 Å². The van der Waals surface area contributed by atoms with Crippen LogP contribution >= 0.6 is 0 Å². The molecule has 0 aliphatic rings. The molecule has 1 amide bonds. The monoisotopic (exact) mass is 780 g/mol. The van der Waals surface area contributed by atoms with Crippen molar-refractivity contribution in [1.29, 1.82) is 0 Å². The van der Waals surface area contributed by atoms with Gasteiger partial charge in [-0.3, -0.25) is 4.79 Å². The second-order valence-electron chi connectivity index (χ2n) is 16.2. The van der Waals surface area contributed by atoms with Crippen LogP contribution in [0, 0.1) is 0 Å². The molecule has 2 atom stereocenters. The molecular weight excluding hydrogens is 687 g/mol. The maximum atomic E-state index is 12.4. The van der Waals surface area contributed by atoms with Crippen molar-refractivity contribution < 1.29 is 15.0 Å². The number of aliphatic hydroxyl groups is 2. The molecule has 0 aromatic rings. The number of unbranched alkanes of at least 4 members (excludes halogenated alkanes) is 26. The highest BCUT2D eigenvalue weighted by Gasteiger charge is 2.17. The van der Waals surface area contributed by atoms with Crippen LogP contribution in [0.2, 0.25) is 0 Å². The maximum absolute atomic E-state index is 12.4. The van der Waals surface area contributed by atoms with Crippen LogP contribution in [-0.4, -0.2) is 34.9 Å². The van der Waals surface area contributed by atoms with Crippen molar-refractivity contribution in [3.8, 4) is 0 Å². The number of nitrogens with one attached hydrogen (secondary N) is 1. The molecule has 0 aliphatic heterocycles. The van der Waals surface area contributed by atoms with E-state index >= 15 is 0 Å². The molecule has 0 spiro atoms. The van der Waals surface area contributed by atoms with E-state index in [1.54, 1.807) is 6.08 Å². The third kappa shape index (κ3) is 43.0. The molecule has 0 saturated heterocycles. The van der Waals surface area contributed by atoms with Gasteiger partial charge in [0.2, 0.25) is 5.91 Å². The normalized spacial score (nSPS) is 13.6. The molecule has 0 aromatic heterocycles. The first-order chi connectivity index (χ1) is 27.7. The number of allylic oxidation sites excluding steroid dienone is 11. The highest BCUT2D eigenvalue weighted by atomic mass is 16.3. The highest BCUT2D eigenvalue weighted by Crippen LogP contribution is 2.14. The van der Waals surface area contributed by atoms with E-state index in [1.807, 2.05) is 6.08 Å². The van der Waals surface area contributed by atoms with Gasteiger partial charge in [0.25, 0.3) is 0 Å². The summed E-state index contributed by atoms with van der Waals surface area (Å²) in [6, 6.07) is -0.649. The summed E-state index contributed by atoms with van der Waals surface area (Å²) in [7, 11) is 0. The first kappa shape index (κ1) is 53.8. The van der Waals surface area contributed by atoms with Gasteiger partial charge in [-0.1, -0.05) is 215 Å². The number of amides is 1. The van der Waals surface area contributed by atoms with Crippen molar-refractivity contribution in [3.63, 3.8) is 0 Å². The predicted molar refractivity (Wildman–Crippen MR) is 248 cm³/mol. The van der Waals surface area contributed by atoms with Crippen LogP contribution in [-0.2, 0) is 4.79 Å². The lowest BCUT2D eigenvalue weighted by Crippen LogP contribution is -2.45. The molecule has 0 aromatic carbocycles. The van der Waals surface area contributed by atoms with Gasteiger partial charge < -0.3 is 15.5 Å². The van der Waals surface area contributed by atoms with E-state index in [9.17, 15) is 15.0 Å². The molecule has 2 unspecified atom stereocenters. The Morgan fingerprint density at radius 1 is 0.429 bits per heavy atom. The number of rotatable bonds is 43. The van der Waals surface area contributed by atoms with Gasteiger partial charge in [-0.15, -0.1) is 0 Å². The van der Waals surface area contributed by atoms with Crippen LogP contribution in [0.25, 0.3) is 0 Å². The Balaban J connectivity index is 3.61. The standard InChI is InChI=1S/C52H93NO3/c1-3-5-7-9-11-13-15-17-19-21-22-23-24-25-26-27-28-29-30-32-34-36-38-40-42-44-46-48-52(56)53-50(49-54)51(55)47-45-43-41-39-37-35-33-31-20-18-16-14-12-10-8-6-4-2/h15,17,20-22,24-25,31,37,39,45,47,50-51,54-55H,3-14,16,18-19,23,26-30,32-36,38,40-44,46,48-49H2,1-2H3,(H,53,56)/b17-15-,22-21-,25-24-,31-20+,39-37+,47-45+. The van der Waals surface area contributed by atoms with Crippen molar-refractivity contribution in [1.82, 2.24) is 5.32 Å². The number of hydrogen-bond donors (Lipinski definition) is 3. The Hall–Kier alpha value is -2.17. The topological polar surface area (TPSA) is 69.6 Å². The number of carbonyl (C=O) groups excluding carboxylic acids is 1.